The second-order valence-electron chi connectivity index (χ2n) is 1.94. The Morgan fingerprint density at radius 2 is 2.10 bits per heavy atom. The summed E-state index contributed by atoms with van der Waals surface area (Å²) >= 11 is 0. The summed E-state index contributed by atoms with van der Waals surface area (Å²) in [5.74, 6) is -0.865. The smallest absolute Gasteiger partial charge is 0.304 e. The molecule has 0 aliphatic heterocycles. The summed E-state index contributed by atoms with van der Waals surface area (Å²) in [7, 11) is 0. The van der Waals surface area contributed by atoms with E-state index in [1.54, 1.807) is 0 Å². The van der Waals surface area contributed by atoms with Crippen molar-refractivity contribution >= 4 is 5.97 Å². The molecular formula is C5H12FeN2O2. The van der Waals surface area contributed by atoms with E-state index in [4.69, 9.17) is 16.6 Å². The van der Waals surface area contributed by atoms with Gasteiger partial charge in [0, 0.05) is 23.1 Å². The molecule has 1 unspecified atom stereocenters. The molecule has 0 saturated carbocycles. The number of carbonyl (C=O) groups is 1. The van der Waals surface area contributed by atoms with Gasteiger partial charge in [0.2, 0.25) is 0 Å². The normalized spacial score (nSPS) is 11.8. The van der Waals surface area contributed by atoms with Crippen LogP contribution in [0.15, 0.2) is 0 Å². The summed E-state index contributed by atoms with van der Waals surface area (Å²) in [6.07, 6.45) is 0.587. The van der Waals surface area contributed by atoms with Gasteiger partial charge < -0.3 is 16.6 Å². The molecule has 0 aromatic carbocycles. The summed E-state index contributed by atoms with van der Waals surface area (Å²) in [5, 5.41) is 8.19. The molecule has 0 bridgehead atoms. The number of nitrogens with two attached hydrogens (primary N) is 2. The molecular weight excluding hydrogens is 176 g/mol. The number of carboxylic acids is 1. The van der Waals surface area contributed by atoms with Crippen LogP contribution >= 0.6 is 0 Å². The molecule has 0 aliphatic carbocycles. The maximum atomic E-state index is 9.96. The van der Waals surface area contributed by atoms with Gasteiger partial charge in [-0.1, -0.05) is 0 Å². The molecule has 4 nitrogen and oxygen atoms in total. The van der Waals surface area contributed by atoms with Crippen LogP contribution in [-0.2, 0) is 21.9 Å². The molecule has 0 saturated heterocycles. The van der Waals surface area contributed by atoms with E-state index in [2.05, 4.69) is 0 Å². The van der Waals surface area contributed by atoms with Crippen LogP contribution in [0, 0.1) is 0 Å². The average molecular weight is 188 g/mol. The molecule has 10 heavy (non-hydrogen) atoms. The van der Waals surface area contributed by atoms with Crippen molar-refractivity contribution in [3.05, 3.63) is 0 Å². The zero-order valence-electron chi connectivity index (χ0n) is 5.56. The van der Waals surface area contributed by atoms with Gasteiger partial charge in [-0.2, -0.15) is 0 Å². The van der Waals surface area contributed by atoms with Gasteiger partial charge in [-0.15, -0.1) is 0 Å². The Hall–Kier alpha value is -0.0905. The second kappa shape index (κ2) is 7.02. The minimum Gasteiger partial charge on any atom is -0.481 e. The summed E-state index contributed by atoms with van der Waals surface area (Å²) in [6.45, 7) is 0.453. The van der Waals surface area contributed by atoms with Crippen molar-refractivity contribution < 1.29 is 27.0 Å². The van der Waals surface area contributed by atoms with Crippen LogP contribution in [0.4, 0.5) is 0 Å². The Bertz CT molecular complexity index is 99.6. The Labute approximate surface area is 70.4 Å². The molecule has 0 aromatic rings. The molecule has 0 rings (SSSR count). The summed E-state index contributed by atoms with van der Waals surface area (Å²) in [5.41, 5.74) is 10.5. The predicted molar refractivity (Wildman–Crippen MR) is 33.9 cm³/mol. The Morgan fingerprint density at radius 1 is 1.60 bits per heavy atom. The van der Waals surface area contributed by atoms with Crippen molar-refractivity contribution in [2.24, 2.45) is 11.5 Å². The topological polar surface area (TPSA) is 89.3 Å². The molecule has 0 aliphatic rings. The summed E-state index contributed by atoms with van der Waals surface area (Å²) in [4.78, 5) is 9.96. The molecule has 62 valence electrons. The molecule has 5 heteroatoms. The van der Waals surface area contributed by atoms with E-state index >= 15 is 0 Å². The van der Waals surface area contributed by atoms with E-state index in [0.717, 1.165) is 0 Å². The first-order chi connectivity index (χ1) is 4.16. The van der Waals surface area contributed by atoms with Crippen LogP contribution in [-0.4, -0.2) is 23.7 Å². The van der Waals surface area contributed by atoms with Crippen molar-refractivity contribution in [3.63, 3.8) is 0 Å². The SMILES string of the molecule is NCCC(N)CC(=O)O.[Fe]. The van der Waals surface area contributed by atoms with Crippen molar-refractivity contribution in [3.8, 4) is 0 Å². The van der Waals surface area contributed by atoms with Crippen LogP contribution in [0.25, 0.3) is 0 Å². The summed E-state index contributed by atoms with van der Waals surface area (Å²) in [6, 6.07) is -0.285. The maximum absolute atomic E-state index is 9.96. The molecule has 1 atom stereocenters. The fourth-order valence-corrected chi connectivity index (χ4v) is 0.540. The number of hydrogen-bond donors (Lipinski definition) is 3. The maximum Gasteiger partial charge on any atom is 0.304 e. The molecule has 0 heterocycles. The van der Waals surface area contributed by atoms with Crippen molar-refractivity contribution in [1.82, 2.24) is 0 Å². The van der Waals surface area contributed by atoms with E-state index in [0.29, 0.717) is 13.0 Å². The number of aliphatic carboxylic acids is 1. The van der Waals surface area contributed by atoms with Gasteiger partial charge in [0.15, 0.2) is 0 Å². The van der Waals surface area contributed by atoms with E-state index in [1.165, 1.54) is 0 Å². The quantitative estimate of drug-likeness (QED) is 0.500. The first kappa shape index (κ1) is 12.6. The molecule has 0 fully saturated rings. The zero-order valence-corrected chi connectivity index (χ0v) is 6.67. The van der Waals surface area contributed by atoms with Crippen LogP contribution in [0.2, 0.25) is 0 Å². The average Bonchev–Trinajstić information content (AvgIpc) is 1.63. The predicted octanol–water partition coefficient (Wildman–Crippen LogP) is -0.865. The van der Waals surface area contributed by atoms with E-state index in [1.807, 2.05) is 0 Å². The van der Waals surface area contributed by atoms with Crippen LogP contribution in [0.3, 0.4) is 0 Å². The van der Waals surface area contributed by atoms with Gasteiger partial charge in [-0.05, 0) is 13.0 Å². The zero-order chi connectivity index (χ0) is 7.28. The van der Waals surface area contributed by atoms with Crippen molar-refractivity contribution in [1.29, 1.82) is 0 Å². The molecule has 5 N–H and O–H groups in total. The third-order valence-corrected chi connectivity index (χ3v) is 0.974. The van der Waals surface area contributed by atoms with Gasteiger partial charge in [-0.25, -0.2) is 0 Å². The van der Waals surface area contributed by atoms with Gasteiger partial charge in [0.25, 0.3) is 0 Å². The third-order valence-electron chi connectivity index (χ3n) is 0.974. The first-order valence-corrected chi connectivity index (χ1v) is 2.84. The number of rotatable bonds is 4. The number of carboxylic acid groups (broad SMARTS) is 1. The minimum atomic E-state index is -0.865. The van der Waals surface area contributed by atoms with Crippen LogP contribution < -0.4 is 11.5 Å². The molecule has 0 radical (unpaired) electrons. The van der Waals surface area contributed by atoms with Crippen molar-refractivity contribution in [2.45, 2.75) is 18.9 Å². The van der Waals surface area contributed by atoms with Gasteiger partial charge in [-0.3, -0.25) is 4.79 Å². The van der Waals surface area contributed by atoms with Crippen LogP contribution in [0.1, 0.15) is 12.8 Å². The van der Waals surface area contributed by atoms with Crippen LogP contribution in [0.5, 0.6) is 0 Å². The second-order valence-corrected chi connectivity index (χ2v) is 1.94. The first-order valence-electron chi connectivity index (χ1n) is 2.84. The standard InChI is InChI=1S/C5H12N2O2.Fe/c6-2-1-4(7)3-5(8)9;/h4H,1-3,6-7H2,(H,8,9);. The monoisotopic (exact) mass is 188 g/mol. The van der Waals surface area contributed by atoms with Gasteiger partial charge >= 0.3 is 5.97 Å². The molecule has 0 aromatic heterocycles. The molecule has 0 spiro atoms. The van der Waals surface area contributed by atoms with E-state index < -0.39 is 5.97 Å². The summed E-state index contributed by atoms with van der Waals surface area (Å²) < 4.78 is 0. The Kier molecular flexibility index (Phi) is 8.83. The minimum absolute atomic E-state index is 0. The van der Waals surface area contributed by atoms with Crippen molar-refractivity contribution in [2.75, 3.05) is 6.54 Å². The van der Waals surface area contributed by atoms with E-state index in [9.17, 15) is 4.79 Å². The third kappa shape index (κ3) is 7.91. The Morgan fingerprint density at radius 3 is 2.40 bits per heavy atom. The fraction of sp³-hybridized carbons (Fsp3) is 0.800. The van der Waals surface area contributed by atoms with E-state index in [-0.39, 0.29) is 29.5 Å². The van der Waals surface area contributed by atoms with Gasteiger partial charge in [0.1, 0.15) is 0 Å². The number of hydrogen-bond acceptors (Lipinski definition) is 3. The Balaban J connectivity index is 0. The fourth-order valence-electron chi connectivity index (χ4n) is 0.540. The molecule has 0 amide bonds. The largest absolute Gasteiger partial charge is 0.481 e. The van der Waals surface area contributed by atoms with Gasteiger partial charge in [0.05, 0.1) is 6.42 Å².